The Hall–Kier alpha value is -1.35. The number of esters is 1. The van der Waals surface area contributed by atoms with Crippen LogP contribution < -0.4 is 0 Å². The second-order valence-electron chi connectivity index (χ2n) is 7.01. The first-order chi connectivity index (χ1) is 10.7. The summed E-state index contributed by atoms with van der Waals surface area (Å²) < 4.78 is 5.74. The average Bonchev–Trinajstić information content (AvgIpc) is 3.26. The summed E-state index contributed by atoms with van der Waals surface area (Å²) >= 11 is 0. The molecule has 0 amide bonds. The Bertz CT molecular complexity index is 499. The number of carbonyl (C=O) groups excluding carboxylic acids is 1. The van der Waals surface area contributed by atoms with Crippen LogP contribution in [0.4, 0.5) is 0 Å². The molecule has 0 spiro atoms. The molecule has 3 heteroatoms. The van der Waals surface area contributed by atoms with Gasteiger partial charge in [-0.3, -0.25) is 4.79 Å². The molecule has 1 aromatic carbocycles. The van der Waals surface area contributed by atoms with Gasteiger partial charge in [0.1, 0.15) is 12.0 Å². The van der Waals surface area contributed by atoms with Gasteiger partial charge in [0.05, 0.1) is 6.61 Å². The molecule has 0 aliphatic heterocycles. The van der Waals surface area contributed by atoms with E-state index in [1.54, 1.807) is 0 Å². The Morgan fingerprint density at radius 2 is 2.00 bits per heavy atom. The third-order valence-electron chi connectivity index (χ3n) is 5.40. The summed E-state index contributed by atoms with van der Waals surface area (Å²) in [4.78, 5) is 12.4. The predicted octanol–water partition coefficient (Wildman–Crippen LogP) is 3.52. The molecular weight excluding hydrogens is 276 g/mol. The van der Waals surface area contributed by atoms with Crippen LogP contribution in [-0.2, 0) is 9.53 Å². The van der Waals surface area contributed by atoms with Gasteiger partial charge in [0.2, 0.25) is 0 Å². The SMILES string of the molecule is C[C@@H]1C[C@@H]1C1CCCC(OC(=O)[C@H](CO)c2ccccc2)C1. The lowest BCUT2D eigenvalue weighted by atomic mass is 9.83. The van der Waals surface area contributed by atoms with E-state index in [1.807, 2.05) is 30.3 Å². The normalized spacial score (nSPS) is 32.3. The Labute approximate surface area is 132 Å². The third-order valence-corrected chi connectivity index (χ3v) is 5.40. The van der Waals surface area contributed by atoms with Crippen molar-refractivity contribution in [2.24, 2.45) is 17.8 Å². The van der Waals surface area contributed by atoms with E-state index in [0.29, 0.717) is 0 Å². The molecule has 0 bridgehead atoms. The minimum absolute atomic E-state index is 0.0387. The van der Waals surface area contributed by atoms with Crippen LogP contribution in [0, 0.1) is 17.8 Å². The molecule has 2 aliphatic rings. The van der Waals surface area contributed by atoms with E-state index in [0.717, 1.165) is 42.6 Å². The molecule has 3 nitrogen and oxygen atoms in total. The van der Waals surface area contributed by atoms with Crippen LogP contribution in [0.25, 0.3) is 0 Å². The Kier molecular flexibility index (Phi) is 4.82. The van der Waals surface area contributed by atoms with E-state index in [1.165, 1.54) is 12.8 Å². The average molecular weight is 302 g/mol. The van der Waals surface area contributed by atoms with Gasteiger partial charge in [-0.2, -0.15) is 0 Å². The van der Waals surface area contributed by atoms with E-state index in [-0.39, 0.29) is 18.7 Å². The second-order valence-corrected chi connectivity index (χ2v) is 7.01. The third kappa shape index (κ3) is 3.52. The van der Waals surface area contributed by atoms with Gasteiger partial charge in [-0.15, -0.1) is 0 Å². The van der Waals surface area contributed by atoms with Crippen LogP contribution in [-0.4, -0.2) is 23.8 Å². The molecule has 22 heavy (non-hydrogen) atoms. The minimum atomic E-state index is -0.554. The number of ether oxygens (including phenoxy) is 1. The molecule has 5 atom stereocenters. The van der Waals surface area contributed by atoms with Gasteiger partial charge >= 0.3 is 5.97 Å². The van der Waals surface area contributed by atoms with Crippen molar-refractivity contribution in [1.82, 2.24) is 0 Å². The number of rotatable bonds is 5. The molecule has 2 saturated carbocycles. The second kappa shape index (κ2) is 6.82. The van der Waals surface area contributed by atoms with Gasteiger partial charge in [-0.05, 0) is 55.4 Å². The van der Waals surface area contributed by atoms with Crippen LogP contribution in [0.1, 0.15) is 50.5 Å². The Morgan fingerprint density at radius 1 is 1.27 bits per heavy atom. The Morgan fingerprint density at radius 3 is 2.64 bits per heavy atom. The van der Waals surface area contributed by atoms with Crippen molar-refractivity contribution in [3.8, 4) is 0 Å². The molecule has 0 heterocycles. The van der Waals surface area contributed by atoms with Crippen LogP contribution in [0.5, 0.6) is 0 Å². The number of aliphatic hydroxyl groups is 1. The molecule has 0 radical (unpaired) electrons. The standard InChI is InChI=1S/C19H26O3/c1-13-10-17(13)15-8-5-9-16(11-15)22-19(21)18(12-20)14-6-3-2-4-7-14/h2-4,6-7,13,15-18,20H,5,8-12H2,1H3/t13-,15?,16?,17+,18-/m1/s1. The summed E-state index contributed by atoms with van der Waals surface area (Å²) in [5, 5.41) is 9.56. The zero-order valence-electron chi connectivity index (χ0n) is 13.3. The molecule has 3 rings (SSSR count). The monoisotopic (exact) mass is 302 g/mol. The maximum absolute atomic E-state index is 12.4. The number of hydrogen-bond donors (Lipinski definition) is 1. The largest absolute Gasteiger partial charge is 0.462 e. The molecule has 0 aromatic heterocycles. The maximum Gasteiger partial charge on any atom is 0.316 e. The van der Waals surface area contributed by atoms with Crippen molar-refractivity contribution in [2.45, 2.75) is 51.0 Å². The Balaban J connectivity index is 1.58. The van der Waals surface area contributed by atoms with E-state index < -0.39 is 5.92 Å². The summed E-state index contributed by atoms with van der Waals surface area (Å²) in [5.74, 6) is 1.61. The van der Waals surface area contributed by atoms with E-state index in [2.05, 4.69) is 6.92 Å². The van der Waals surface area contributed by atoms with Crippen molar-refractivity contribution in [2.75, 3.05) is 6.61 Å². The van der Waals surface area contributed by atoms with Gasteiger partial charge in [0.15, 0.2) is 0 Å². The number of hydrogen-bond acceptors (Lipinski definition) is 3. The first kappa shape index (κ1) is 15.5. The van der Waals surface area contributed by atoms with Crippen molar-refractivity contribution >= 4 is 5.97 Å². The van der Waals surface area contributed by atoms with Crippen LogP contribution >= 0.6 is 0 Å². The number of carbonyl (C=O) groups is 1. The molecule has 2 unspecified atom stereocenters. The molecule has 1 aromatic rings. The van der Waals surface area contributed by atoms with Crippen molar-refractivity contribution in [1.29, 1.82) is 0 Å². The summed E-state index contributed by atoms with van der Waals surface area (Å²) in [5.41, 5.74) is 0.832. The molecule has 0 saturated heterocycles. The van der Waals surface area contributed by atoms with Crippen molar-refractivity contribution < 1.29 is 14.6 Å². The highest BCUT2D eigenvalue weighted by Crippen LogP contribution is 2.49. The molecular formula is C19H26O3. The van der Waals surface area contributed by atoms with Gasteiger partial charge < -0.3 is 9.84 Å². The van der Waals surface area contributed by atoms with Gasteiger partial charge in [0.25, 0.3) is 0 Å². The fourth-order valence-corrected chi connectivity index (χ4v) is 3.93. The lowest BCUT2D eigenvalue weighted by Crippen LogP contribution is -2.30. The molecule has 2 aliphatic carbocycles. The highest BCUT2D eigenvalue weighted by molar-refractivity contribution is 5.78. The number of benzene rings is 1. The summed E-state index contributed by atoms with van der Waals surface area (Å²) in [6.07, 6.45) is 5.79. The van der Waals surface area contributed by atoms with Crippen LogP contribution in [0.3, 0.4) is 0 Å². The van der Waals surface area contributed by atoms with Crippen molar-refractivity contribution in [3.05, 3.63) is 35.9 Å². The van der Waals surface area contributed by atoms with Gasteiger partial charge in [-0.1, -0.05) is 37.3 Å². The highest BCUT2D eigenvalue weighted by Gasteiger charge is 2.42. The highest BCUT2D eigenvalue weighted by atomic mass is 16.5. The first-order valence-corrected chi connectivity index (χ1v) is 8.55. The summed E-state index contributed by atoms with van der Waals surface area (Å²) in [6, 6.07) is 9.42. The molecule has 2 fully saturated rings. The first-order valence-electron chi connectivity index (χ1n) is 8.55. The lowest BCUT2D eigenvalue weighted by Gasteiger charge is -2.30. The quantitative estimate of drug-likeness (QED) is 0.847. The van der Waals surface area contributed by atoms with E-state index in [9.17, 15) is 9.90 Å². The lowest BCUT2D eigenvalue weighted by molar-refractivity contribution is -0.154. The van der Waals surface area contributed by atoms with Crippen molar-refractivity contribution in [3.63, 3.8) is 0 Å². The summed E-state index contributed by atoms with van der Waals surface area (Å²) in [6.45, 7) is 2.12. The maximum atomic E-state index is 12.4. The molecule has 1 N–H and O–H groups in total. The van der Waals surface area contributed by atoms with Gasteiger partial charge in [-0.25, -0.2) is 0 Å². The summed E-state index contributed by atoms with van der Waals surface area (Å²) in [7, 11) is 0. The number of aliphatic hydroxyl groups excluding tert-OH is 1. The fourth-order valence-electron chi connectivity index (χ4n) is 3.93. The topological polar surface area (TPSA) is 46.5 Å². The van der Waals surface area contributed by atoms with Gasteiger partial charge in [0, 0.05) is 0 Å². The molecule has 120 valence electrons. The smallest absolute Gasteiger partial charge is 0.316 e. The minimum Gasteiger partial charge on any atom is -0.462 e. The fraction of sp³-hybridized carbons (Fsp3) is 0.632. The zero-order valence-corrected chi connectivity index (χ0v) is 13.3. The van der Waals surface area contributed by atoms with E-state index in [4.69, 9.17) is 4.74 Å². The van der Waals surface area contributed by atoms with Crippen LogP contribution in [0.15, 0.2) is 30.3 Å². The zero-order chi connectivity index (χ0) is 15.5. The van der Waals surface area contributed by atoms with Crippen LogP contribution in [0.2, 0.25) is 0 Å². The van der Waals surface area contributed by atoms with E-state index >= 15 is 0 Å². The predicted molar refractivity (Wildman–Crippen MR) is 85.4 cm³/mol.